The molecule has 1 atom stereocenters. The summed E-state index contributed by atoms with van der Waals surface area (Å²) in [5.74, 6) is 0.00987. The first-order valence-electron chi connectivity index (χ1n) is 12.3. The van der Waals surface area contributed by atoms with Crippen LogP contribution in [0.15, 0.2) is 30.6 Å². The number of morpholine rings is 1. The molecule has 0 radical (unpaired) electrons. The zero-order valence-electron chi connectivity index (χ0n) is 21.3. The number of ether oxygens (including phenoxy) is 2. The molecular formula is C25H31ClF3N5O4. The summed E-state index contributed by atoms with van der Waals surface area (Å²) < 4.78 is 51.9. The fourth-order valence-electron chi connectivity index (χ4n) is 4.50. The van der Waals surface area contributed by atoms with Gasteiger partial charge in [-0.2, -0.15) is 18.3 Å². The van der Waals surface area contributed by atoms with Gasteiger partial charge in [0.2, 0.25) is 11.8 Å². The van der Waals surface area contributed by atoms with Crippen LogP contribution in [0.25, 0.3) is 0 Å². The van der Waals surface area contributed by atoms with Gasteiger partial charge in [0.05, 0.1) is 31.3 Å². The van der Waals surface area contributed by atoms with Crippen LogP contribution in [0.2, 0.25) is 5.02 Å². The SMILES string of the molecule is Cc1cc(OC[C@]2(CC(=O)N3CCN(C)CC3)CN(C(=O)Cn3cc(C(F)(F)F)cn3)CCO2)ccc1Cl. The second-order valence-electron chi connectivity index (χ2n) is 9.83. The Hall–Kier alpha value is -2.83. The Morgan fingerprint density at radius 1 is 1.13 bits per heavy atom. The number of carbonyl (C=O) groups excluding carboxylic acids is 2. The van der Waals surface area contributed by atoms with Crippen molar-refractivity contribution in [1.82, 2.24) is 24.5 Å². The quantitative estimate of drug-likeness (QED) is 0.521. The fraction of sp³-hybridized carbons (Fsp3) is 0.560. The number of nitrogens with zero attached hydrogens (tertiary/aromatic N) is 5. The Bertz CT molecular complexity index is 1150. The predicted molar refractivity (Wildman–Crippen MR) is 133 cm³/mol. The van der Waals surface area contributed by atoms with Gasteiger partial charge in [0.15, 0.2) is 0 Å². The van der Waals surface area contributed by atoms with Crippen LogP contribution in [0.1, 0.15) is 17.5 Å². The largest absolute Gasteiger partial charge is 0.490 e. The van der Waals surface area contributed by atoms with Crippen LogP contribution in [-0.2, 0) is 27.0 Å². The van der Waals surface area contributed by atoms with Crippen LogP contribution in [0.3, 0.4) is 0 Å². The van der Waals surface area contributed by atoms with Crippen molar-refractivity contribution in [2.45, 2.75) is 31.7 Å². The molecule has 13 heteroatoms. The van der Waals surface area contributed by atoms with E-state index in [1.54, 1.807) is 23.1 Å². The molecule has 38 heavy (non-hydrogen) atoms. The molecule has 2 amide bonds. The summed E-state index contributed by atoms with van der Waals surface area (Å²) >= 11 is 6.12. The van der Waals surface area contributed by atoms with Crippen LogP contribution in [-0.4, -0.2) is 101 Å². The van der Waals surface area contributed by atoms with Crippen LogP contribution in [0, 0.1) is 6.92 Å². The Balaban J connectivity index is 1.49. The summed E-state index contributed by atoms with van der Waals surface area (Å²) in [5.41, 5.74) is -1.24. The third-order valence-corrected chi connectivity index (χ3v) is 7.24. The molecule has 1 aromatic heterocycles. The molecule has 0 aliphatic carbocycles. The van der Waals surface area contributed by atoms with Gasteiger partial charge in [-0.15, -0.1) is 0 Å². The minimum absolute atomic E-state index is 0.00265. The number of piperazine rings is 1. The summed E-state index contributed by atoms with van der Waals surface area (Å²) in [7, 11) is 2.00. The van der Waals surface area contributed by atoms with E-state index in [0.29, 0.717) is 30.1 Å². The monoisotopic (exact) mass is 557 g/mol. The van der Waals surface area contributed by atoms with Crippen molar-refractivity contribution >= 4 is 23.4 Å². The minimum Gasteiger partial charge on any atom is -0.490 e. The number of rotatable bonds is 7. The number of halogens is 4. The van der Waals surface area contributed by atoms with E-state index >= 15 is 0 Å². The Morgan fingerprint density at radius 2 is 1.87 bits per heavy atom. The van der Waals surface area contributed by atoms with E-state index < -0.39 is 23.2 Å². The Morgan fingerprint density at radius 3 is 2.53 bits per heavy atom. The first-order chi connectivity index (χ1) is 17.9. The standard InChI is InChI=1S/C25H31ClF3N5O4/c1-18-11-20(3-4-21(18)26)37-17-24(12-22(35)32-7-5-31(2)6-8-32)16-33(9-10-38-24)23(36)15-34-14-19(13-30-34)25(27,28)29/h3-4,11,13-14H,5-10,12,15-17H2,1-2H3/t24-/m0/s1. The normalized spacial score (nSPS) is 21.0. The summed E-state index contributed by atoms with van der Waals surface area (Å²) in [4.78, 5) is 31.8. The number of aromatic nitrogens is 2. The van der Waals surface area contributed by atoms with E-state index in [2.05, 4.69) is 10.00 Å². The molecule has 3 heterocycles. The molecule has 1 aromatic carbocycles. The zero-order valence-corrected chi connectivity index (χ0v) is 22.1. The lowest BCUT2D eigenvalue weighted by atomic mass is 9.96. The van der Waals surface area contributed by atoms with Crippen molar-refractivity contribution in [3.05, 3.63) is 46.7 Å². The van der Waals surface area contributed by atoms with Crippen molar-refractivity contribution in [2.75, 3.05) is 59.5 Å². The van der Waals surface area contributed by atoms with Crippen LogP contribution in [0.5, 0.6) is 5.75 Å². The number of benzene rings is 1. The number of likely N-dealkylation sites (N-methyl/N-ethyl adjacent to an activating group) is 1. The van der Waals surface area contributed by atoms with Gasteiger partial charge < -0.3 is 24.2 Å². The van der Waals surface area contributed by atoms with Gasteiger partial charge in [-0.25, -0.2) is 0 Å². The lowest BCUT2D eigenvalue weighted by Gasteiger charge is -2.43. The number of hydrogen-bond acceptors (Lipinski definition) is 6. The molecule has 2 aromatic rings. The van der Waals surface area contributed by atoms with Crippen LogP contribution >= 0.6 is 11.6 Å². The molecule has 0 bridgehead atoms. The van der Waals surface area contributed by atoms with Crippen molar-refractivity contribution < 1.29 is 32.2 Å². The van der Waals surface area contributed by atoms with Crippen molar-refractivity contribution in [2.24, 2.45) is 0 Å². The highest BCUT2D eigenvalue weighted by Crippen LogP contribution is 2.29. The van der Waals surface area contributed by atoms with E-state index in [1.165, 1.54) is 4.90 Å². The molecular weight excluding hydrogens is 527 g/mol. The Labute approximate surface area is 224 Å². The molecule has 4 rings (SSSR count). The zero-order chi connectivity index (χ0) is 27.5. The first kappa shape index (κ1) is 28.2. The molecule has 2 saturated heterocycles. The van der Waals surface area contributed by atoms with E-state index in [1.807, 2.05) is 14.0 Å². The number of alkyl halides is 3. The molecule has 9 nitrogen and oxygen atoms in total. The van der Waals surface area contributed by atoms with Crippen molar-refractivity contribution in [1.29, 1.82) is 0 Å². The average molecular weight is 558 g/mol. The molecule has 0 unspecified atom stereocenters. The number of carbonyl (C=O) groups is 2. The molecule has 2 fully saturated rings. The molecule has 0 spiro atoms. The van der Waals surface area contributed by atoms with Gasteiger partial charge in [0.1, 0.15) is 24.5 Å². The highest BCUT2D eigenvalue weighted by atomic mass is 35.5. The van der Waals surface area contributed by atoms with E-state index in [9.17, 15) is 22.8 Å². The number of aryl methyl sites for hydroxylation is 1. The van der Waals surface area contributed by atoms with Crippen molar-refractivity contribution in [3.63, 3.8) is 0 Å². The van der Waals surface area contributed by atoms with Gasteiger partial charge in [-0.1, -0.05) is 11.6 Å². The van der Waals surface area contributed by atoms with Gasteiger partial charge in [0.25, 0.3) is 0 Å². The van der Waals surface area contributed by atoms with Gasteiger partial charge in [-0.3, -0.25) is 14.3 Å². The molecule has 2 aliphatic heterocycles. The van der Waals surface area contributed by atoms with E-state index in [4.69, 9.17) is 21.1 Å². The highest BCUT2D eigenvalue weighted by molar-refractivity contribution is 6.31. The Kier molecular flexibility index (Phi) is 8.53. The maximum atomic E-state index is 13.3. The number of amides is 2. The average Bonchev–Trinajstić information content (AvgIpc) is 3.34. The lowest BCUT2D eigenvalue weighted by molar-refractivity contribution is -0.166. The highest BCUT2D eigenvalue weighted by Gasteiger charge is 2.42. The summed E-state index contributed by atoms with van der Waals surface area (Å²) in [5, 5.41) is 4.27. The third-order valence-electron chi connectivity index (χ3n) is 6.82. The fourth-order valence-corrected chi connectivity index (χ4v) is 4.62. The van der Waals surface area contributed by atoms with Crippen LogP contribution < -0.4 is 4.74 Å². The summed E-state index contributed by atoms with van der Waals surface area (Å²) in [6.45, 7) is 4.60. The third kappa shape index (κ3) is 6.97. The maximum Gasteiger partial charge on any atom is 0.419 e. The second kappa shape index (κ2) is 11.5. The predicted octanol–water partition coefficient (Wildman–Crippen LogP) is 2.70. The lowest BCUT2D eigenvalue weighted by Crippen LogP contribution is -2.59. The van der Waals surface area contributed by atoms with Gasteiger partial charge in [0, 0.05) is 43.9 Å². The molecule has 2 aliphatic rings. The van der Waals surface area contributed by atoms with E-state index in [0.717, 1.165) is 29.5 Å². The first-order valence-corrected chi connectivity index (χ1v) is 12.7. The van der Waals surface area contributed by atoms with E-state index in [-0.39, 0.29) is 45.2 Å². The van der Waals surface area contributed by atoms with Gasteiger partial charge in [-0.05, 0) is 37.7 Å². The summed E-state index contributed by atoms with van der Waals surface area (Å²) in [6, 6.07) is 5.21. The maximum absolute atomic E-state index is 13.3. The van der Waals surface area contributed by atoms with Gasteiger partial charge >= 0.3 is 6.18 Å². The second-order valence-corrected chi connectivity index (χ2v) is 10.2. The smallest absolute Gasteiger partial charge is 0.419 e. The van der Waals surface area contributed by atoms with Crippen molar-refractivity contribution in [3.8, 4) is 5.75 Å². The van der Waals surface area contributed by atoms with Crippen LogP contribution in [0.4, 0.5) is 13.2 Å². The topological polar surface area (TPSA) is 80.1 Å². The molecule has 208 valence electrons. The summed E-state index contributed by atoms with van der Waals surface area (Å²) in [6.07, 6.45) is -3.06. The number of hydrogen-bond donors (Lipinski definition) is 0. The minimum atomic E-state index is -4.55. The molecule has 0 saturated carbocycles. The molecule has 0 N–H and O–H groups in total.